The summed E-state index contributed by atoms with van der Waals surface area (Å²) in [5.41, 5.74) is 13.2. The number of nitrogens with zero attached hydrogens (tertiary/aromatic N) is 1. The van der Waals surface area contributed by atoms with Gasteiger partial charge in [-0.15, -0.1) is 11.3 Å². The van der Waals surface area contributed by atoms with Crippen molar-refractivity contribution in [3.63, 3.8) is 0 Å². The molecule has 1 spiro atoms. The molecule has 0 radical (unpaired) electrons. The lowest BCUT2D eigenvalue weighted by Crippen LogP contribution is -2.26. The van der Waals surface area contributed by atoms with Crippen molar-refractivity contribution in [3.05, 3.63) is 184 Å². The van der Waals surface area contributed by atoms with Gasteiger partial charge in [-0.05, 0) is 99.1 Å². The highest BCUT2D eigenvalue weighted by atomic mass is 32.1. The molecule has 1 unspecified atom stereocenters. The van der Waals surface area contributed by atoms with E-state index in [-0.39, 0.29) is 5.43 Å². The summed E-state index contributed by atoms with van der Waals surface area (Å²) in [6.07, 6.45) is 0. The maximum absolute atomic E-state index is 13.9. The summed E-state index contributed by atoms with van der Waals surface area (Å²) in [5, 5.41) is 4.09. The lowest BCUT2D eigenvalue weighted by atomic mass is 9.70. The summed E-state index contributed by atoms with van der Waals surface area (Å²) >= 11 is 1.72. The molecule has 0 saturated heterocycles. The third-order valence-electron chi connectivity index (χ3n) is 10.6. The Morgan fingerprint density at radius 2 is 1.02 bits per heavy atom. The molecule has 0 saturated carbocycles. The van der Waals surface area contributed by atoms with Gasteiger partial charge in [0.25, 0.3) is 0 Å². The van der Waals surface area contributed by atoms with E-state index in [4.69, 9.17) is 0 Å². The number of hydrogen-bond acceptors (Lipinski definition) is 2. The molecule has 2 heterocycles. The van der Waals surface area contributed by atoms with Crippen LogP contribution in [-0.2, 0) is 5.41 Å². The Hall–Kier alpha value is -5.77. The summed E-state index contributed by atoms with van der Waals surface area (Å²) in [4.78, 5) is 13.9. The average molecular weight is 616 g/mol. The molecule has 0 fully saturated rings. The van der Waals surface area contributed by atoms with E-state index in [9.17, 15) is 4.79 Å². The molecule has 3 heteroatoms. The van der Waals surface area contributed by atoms with Gasteiger partial charge in [0, 0.05) is 36.6 Å². The minimum atomic E-state index is -0.514. The lowest BCUT2D eigenvalue weighted by Gasteiger charge is -2.30. The first-order valence-electron chi connectivity index (χ1n) is 16.1. The van der Waals surface area contributed by atoms with E-state index in [0.29, 0.717) is 0 Å². The SMILES string of the molecule is O=c1c2ccccc2sc2cc3c(cc12)-c1ccccc1C31c2ccccc2-c2cc3c4ccccc4n(-c4ccccc4)c3cc21. The van der Waals surface area contributed by atoms with E-state index < -0.39 is 5.41 Å². The highest BCUT2D eigenvalue weighted by molar-refractivity contribution is 7.24. The van der Waals surface area contributed by atoms with Gasteiger partial charge in [0.05, 0.1) is 16.4 Å². The molecule has 0 aliphatic heterocycles. The van der Waals surface area contributed by atoms with Crippen LogP contribution in [0.3, 0.4) is 0 Å². The van der Waals surface area contributed by atoms with Crippen molar-refractivity contribution >= 4 is 53.3 Å². The molecular formula is C44H25NOS. The number of fused-ring (bicyclic) bond motifs is 15. The van der Waals surface area contributed by atoms with Crippen LogP contribution >= 0.6 is 11.3 Å². The molecule has 0 amide bonds. The minimum absolute atomic E-state index is 0.108. The summed E-state index contributed by atoms with van der Waals surface area (Å²) in [7, 11) is 0. The Kier molecular flexibility index (Phi) is 4.83. The van der Waals surface area contributed by atoms with E-state index in [1.54, 1.807) is 11.3 Å². The Morgan fingerprint density at radius 3 is 1.79 bits per heavy atom. The van der Waals surface area contributed by atoms with E-state index in [0.717, 1.165) is 31.4 Å². The van der Waals surface area contributed by atoms with Crippen molar-refractivity contribution in [2.45, 2.75) is 5.41 Å². The van der Waals surface area contributed by atoms with Crippen LogP contribution in [-0.4, -0.2) is 4.57 Å². The van der Waals surface area contributed by atoms with Gasteiger partial charge in [-0.25, -0.2) is 0 Å². The van der Waals surface area contributed by atoms with Gasteiger partial charge in [-0.3, -0.25) is 4.79 Å². The zero-order chi connectivity index (χ0) is 30.9. The van der Waals surface area contributed by atoms with Gasteiger partial charge in [-0.1, -0.05) is 97.1 Å². The smallest absolute Gasteiger partial charge is 0.195 e. The largest absolute Gasteiger partial charge is 0.309 e. The quantitative estimate of drug-likeness (QED) is 0.168. The molecule has 7 aromatic carbocycles. The molecule has 47 heavy (non-hydrogen) atoms. The molecule has 9 aromatic rings. The number of aromatic nitrogens is 1. The van der Waals surface area contributed by atoms with Crippen molar-refractivity contribution in [1.82, 2.24) is 4.57 Å². The molecule has 2 nitrogen and oxygen atoms in total. The van der Waals surface area contributed by atoms with Crippen LogP contribution in [0.15, 0.2) is 156 Å². The van der Waals surface area contributed by atoms with Gasteiger partial charge in [0.1, 0.15) is 0 Å². The molecule has 0 bridgehead atoms. The fraction of sp³-hybridized carbons (Fsp3) is 0.0227. The summed E-state index contributed by atoms with van der Waals surface area (Å²) in [6, 6.07) is 54.7. The predicted octanol–water partition coefficient (Wildman–Crippen LogP) is 10.9. The van der Waals surface area contributed by atoms with Gasteiger partial charge < -0.3 is 4.57 Å². The van der Waals surface area contributed by atoms with Crippen LogP contribution in [0.2, 0.25) is 0 Å². The molecule has 2 aromatic heterocycles. The molecule has 11 rings (SSSR count). The summed E-state index contributed by atoms with van der Waals surface area (Å²) < 4.78 is 4.47. The second-order valence-corrected chi connectivity index (χ2v) is 13.8. The fourth-order valence-corrected chi connectivity index (χ4v) is 9.84. The van der Waals surface area contributed by atoms with E-state index in [2.05, 4.69) is 138 Å². The maximum atomic E-state index is 13.9. The fourth-order valence-electron chi connectivity index (χ4n) is 8.75. The monoisotopic (exact) mass is 615 g/mol. The molecule has 218 valence electrons. The third kappa shape index (κ3) is 3.08. The second kappa shape index (κ2) is 8.94. The Labute approximate surface area is 274 Å². The van der Waals surface area contributed by atoms with Crippen LogP contribution in [0, 0.1) is 0 Å². The summed E-state index contributed by atoms with van der Waals surface area (Å²) in [6.45, 7) is 0. The normalized spacial score (nSPS) is 15.8. The number of para-hydroxylation sites is 2. The van der Waals surface area contributed by atoms with Crippen LogP contribution in [0.5, 0.6) is 0 Å². The van der Waals surface area contributed by atoms with Crippen molar-refractivity contribution in [1.29, 1.82) is 0 Å². The Balaban J connectivity index is 1.33. The van der Waals surface area contributed by atoms with Crippen LogP contribution in [0.4, 0.5) is 0 Å². The standard InChI is InChI=1S/C44H25NOS/c46-43-30-17-7-11-21-41(30)47-42-25-38-32(23-34(42)43)28-15-5-9-19-36(28)44(38)35-18-8-4-14-27(35)31-22-33-29-16-6-10-20-39(29)45(40(33)24-37(31)44)26-12-2-1-3-13-26/h1-25H. The summed E-state index contributed by atoms with van der Waals surface area (Å²) in [5.74, 6) is 0. The number of hydrogen-bond donors (Lipinski definition) is 0. The van der Waals surface area contributed by atoms with Gasteiger partial charge in [-0.2, -0.15) is 0 Å². The number of rotatable bonds is 1. The topological polar surface area (TPSA) is 22.0 Å². The van der Waals surface area contributed by atoms with Crippen LogP contribution in [0.1, 0.15) is 22.3 Å². The Morgan fingerprint density at radius 1 is 0.426 bits per heavy atom. The molecular weight excluding hydrogens is 591 g/mol. The van der Waals surface area contributed by atoms with Crippen molar-refractivity contribution in [3.8, 4) is 27.9 Å². The molecule has 1 atom stereocenters. The first kappa shape index (κ1) is 25.4. The first-order valence-corrected chi connectivity index (χ1v) is 16.9. The Bertz CT molecular complexity index is 2880. The highest BCUT2D eigenvalue weighted by Crippen LogP contribution is 2.64. The maximum Gasteiger partial charge on any atom is 0.195 e. The zero-order valence-electron chi connectivity index (χ0n) is 25.2. The molecule has 0 N–H and O–H groups in total. The third-order valence-corrected chi connectivity index (χ3v) is 11.7. The lowest BCUT2D eigenvalue weighted by molar-refractivity contribution is 0.796. The van der Waals surface area contributed by atoms with E-state index >= 15 is 0 Å². The predicted molar refractivity (Wildman–Crippen MR) is 196 cm³/mol. The van der Waals surface area contributed by atoms with Gasteiger partial charge in [0.2, 0.25) is 0 Å². The van der Waals surface area contributed by atoms with Gasteiger partial charge >= 0.3 is 0 Å². The van der Waals surface area contributed by atoms with Crippen molar-refractivity contribution < 1.29 is 0 Å². The number of benzene rings is 7. The second-order valence-electron chi connectivity index (χ2n) is 12.8. The van der Waals surface area contributed by atoms with Crippen molar-refractivity contribution in [2.24, 2.45) is 0 Å². The zero-order valence-corrected chi connectivity index (χ0v) is 26.0. The van der Waals surface area contributed by atoms with Gasteiger partial charge in [0.15, 0.2) is 5.43 Å². The minimum Gasteiger partial charge on any atom is -0.309 e. The molecule has 2 aliphatic carbocycles. The molecule has 2 aliphatic rings. The van der Waals surface area contributed by atoms with Crippen LogP contribution in [0.25, 0.3) is 69.9 Å². The van der Waals surface area contributed by atoms with Crippen molar-refractivity contribution in [2.75, 3.05) is 0 Å². The average Bonchev–Trinajstić information content (AvgIpc) is 3.71. The van der Waals surface area contributed by atoms with E-state index in [1.807, 2.05) is 18.2 Å². The van der Waals surface area contributed by atoms with E-state index in [1.165, 1.54) is 60.8 Å². The first-order chi connectivity index (χ1) is 23.2. The highest BCUT2D eigenvalue weighted by Gasteiger charge is 2.52. The van der Waals surface area contributed by atoms with Crippen LogP contribution < -0.4 is 5.43 Å².